The zero-order valence-corrected chi connectivity index (χ0v) is 10.6. The van der Waals surface area contributed by atoms with E-state index in [0.29, 0.717) is 6.61 Å². The molecule has 1 aliphatic heterocycles. The van der Waals surface area contributed by atoms with Gasteiger partial charge in [0.2, 0.25) is 0 Å². The summed E-state index contributed by atoms with van der Waals surface area (Å²) < 4.78 is 10.3. The normalized spacial score (nSPS) is 28.0. The smallest absolute Gasteiger partial charge is 0.313 e. The number of carbonyl (C=O) groups is 2. The Morgan fingerprint density at radius 2 is 2.06 bits per heavy atom. The molecule has 0 aromatic rings. The van der Waals surface area contributed by atoms with Crippen molar-refractivity contribution < 1.29 is 19.1 Å². The van der Waals surface area contributed by atoms with E-state index in [-0.39, 0.29) is 24.0 Å². The first-order valence-corrected chi connectivity index (χ1v) is 5.70. The van der Waals surface area contributed by atoms with Gasteiger partial charge in [-0.1, -0.05) is 13.8 Å². The molecule has 0 aliphatic carbocycles. The van der Waals surface area contributed by atoms with E-state index in [1.807, 2.05) is 13.8 Å². The minimum absolute atomic E-state index is 0.111. The topological polar surface area (TPSA) is 52.6 Å². The second kappa shape index (κ2) is 4.44. The first-order chi connectivity index (χ1) is 7.32. The van der Waals surface area contributed by atoms with Gasteiger partial charge in [-0.05, 0) is 26.7 Å². The van der Waals surface area contributed by atoms with Crippen molar-refractivity contribution in [3.8, 4) is 0 Å². The number of cyclic esters (lactones) is 1. The fourth-order valence-electron chi connectivity index (χ4n) is 2.06. The highest BCUT2D eigenvalue weighted by molar-refractivity contribution is 5.88. The van der Waals surface area contributed by atoms with E-state index in [2.05, 4.69) is 0 Å². The van der Waals surface area contributed by atoms with Gasteiger partial charge in [-0.15, -0.1) is 0 Å². The Bertz CT molecular complexity index is 293. The van der Waals surface area contributed by atoms with Crippen LogP contribution in [0.1, 0.15) is 34.6 Å². The van der Waals surface area contributed by atoms with Gasteiger partial charge >= 0.3 is 11.9 Å². The fraction of sp³-hybridized carbons (Fsp3) is 0.833. The summed E-state index contributed by atoms with van der Waals surface area (Å²) in [7, 11) is 0. The van der Waals surface area contributed by atoms with Gasteiger partial charge in [-0.3, -0.25) is 9.59 Å². The summed E-state index contributed by atoms with van der Waals surface area (Å²) in [6, 6.07) is 0. The highest BCUT2D eigenvalue weighted by Gasteiger charge is 2.56. The van der Waals surface area contributed by atoms with E-state index in [1.54, 1.807) is 20.8 Å². The molecule has 1 heterocycles. The lowest BCUT2D eigenvalue weighted by Crippen LogP contribution is -2.38. The SMILES string of the molecule is CCOC(=O)[C@@H]1[C@@H](C(C)C)OC(=O)C1(C)C. The average molecular weight is 228 g/mol. The van der Waals surface area contributed by atoms with Crippen LogP contribution < -0.4 is 0 Å². The lowest BCUT2D eigenvalue weighted by molar-refractivity contribution is -0.153. The number of ether oxygens (including phenoxy) is 2. The van der Waals surface area contributed by atoms with Crippen LogP contribution in [-0.2, 0) is 19.1 Å². The number of hydrogen-bond donors (Lipinski definition) is 0. The summed E-state index contributed by atoms with van der Waals surface area (Å²) in [6.07, 6.45) is -0.374. The molecule has 2 atom stereocenters. The van der Waals surface area contributed by atoms with Crippen LogP contribution in [0.25, 0.3) is 0 Å². The lowest BCUT2D eigenvalue weighted by Gasteiger charge is -2.25. The molecule has 4 heteroatoms. The summed E-state index contributed by atoms with van der Waals surface area (Å²) in [5, 5.41) is 0. The highest BCUT2D eigenvalue weighted by Crippen LogP contribution is 2.42. The molecule has 4 nitrogen and oxygen atoms in total. The fourth-order valence-corrected chi connectivity index (χ4v) is 2.06. The van der Waals surface area contributed by atoms with Gasteiger partial charge in [0.05, 0.1) is 12.0 Å². The second-order valence-electron chi connectivity index (χ2n) is 5.07. The van der Waals surface area contributed by atoms with E-state index >= 15 is 0 Å². The Kier molecular flexibility index (Phi) is 3.61. The second-order valence-corrected chi connectivity index (χ2v) is 5.07. The van der Waals surface area contributed by atoms with Crippen molar-refractivity contribution in [3.63, 3.8) is 0 Å². The van der Waals surface area contributed by atoms with Gasteiger partial charge < -0.3 is 9.47 Å². The molecule has 1 rings (SSSR count). The molecular formula is C12H20O4. The number of esters is 2. The minimum atomic E-state index is -0.790. The highest BCUT2D eigenvalue weighted by atomic mass is 16.6. The molecule has 0 aromatic heterocycles. The summed E-state index contributed by atoms with van der Waals surface area (Å²) >= 11 is 0. The molecule has 0 N–H and O–H groups in total. The Morgan fingerprint density at radius 1 is 1.50 bits per heavy atom. The molecule has 16 heavy (non-hydrogen) atoms. The van der Waals surface area contributed by atoms with Crippen molar-refractivity contribution in [2.24, 2.45) is 17.3 Å². The first kappa shape index (κ1) is 13.0. The molecule has 0 saturated carbocycles. The summed E-state index contributed by atoms with van der Waals surface area (Å²) in [5.74, 6) is -1.04. The van der Waals surface area contributed by atoms with Gasteiger partial charge in [0.25, 0.3) is 0 Å². The van der Waals surface area contributed by atoms with Crippen molar-refractivity contribution in [1.82, 2.24) is 0 Å². The van der Waals surface area contributed by atoms with Gasteiger partial charge in [0, 0.05) is 0 Å². The predicted molar refractivity (Wildman–Crippen MR) is 58.6 cm³/mol. The Labute approximate surface area is 96.3 Å². The van der Waals surface area contributed by atoms with Crippen molar-refractivity contribution in [2.45, 2.75) is 40.7 Å². The monoisotopic (exact) mass is 228 g/mol. The quantitative estimate of drug-likeness (QED) is 0.691. The Hall–Kier alpha value is -1.06. The van der Waals surface area contributed by atoms with Crippen LogP contribution in [0.2, 0.25) is 0 Å². The number of carbonyl (C=O) groups excluding carboxylic acids is 2. The van der Waals surface area contributed by atoms with Gasteiger partial charge in [-0.2, -0.15) is 0 Å². The Balaban J connectivity index is 2.98. The van der Waals surface area contributed by atoms with Crippen molar-refractivity contribution in [3.05, 3.63) is 0 Å². The standard InChI is InChI=1S/C12H20O4/c1-6-15-10(13)8-9(7(2)3)16-11(14)12(8,4)5/h7-9H,6H2,1-5H3/t8-,9+/m0/s1. The average Bonchev–Trinajstić information content (AvgIpc) is 2.38. The van der Waals surface area contributed by atoms with Gasteiger partial charge in [-0.25, -0.2) is 0 Å². The van der Waals surface area contributed by atoms with E-state index in [1.165, 1.54) is 0 Å². The molecule has 0 radical (unpaired) electrons. The molecule has 0 bridgehead atoms. The van der Waals surface area contributed by atoms with Crippen LogP contribution in [0.3, 0.4) is 0 Å². The molecule has 1 aliphatic rings. The van der Waals surface area contributed by atoms with Gasteiger partial charge in [0.15, 0.2) is 0 Å². The molecule has 1 fully saturated rings. The number of rotatable bonds is 3. The van der Waals surface area contributed by atoms with E-state index < -0.39 is 11.3 Å². The van der Waals surface area contributed by atoms with Crippen LogP contribution in [0.4, 0.5) is 0 Å². The minimum Gasteiger partial charge on any atom is -0.466 e. The molecule has 0 amide bonds. The molecule has 0 aromatic carbocycles. The third kappa shape index (κ3) is 2.06. The maximum Gasteiger partial charge on any atom is 0.313 e. The van der Waals surface area contributed by atoms with Gasteiger partial charge in [0.1, 0.15) is 12.0 Å². The van der Waals surface area contributed by atoms with Crippen molar-refractivity contribution >= 4 is 11.9 Å². The van der Waals surface area contributed by atoms with Crippen LogP contribution in [0, 0.1) is 17.3 Å². The zero-order valence-electron chi connectivity index (χ0n) is 10.6. The summed E-state index contributed by atoms with van der Waals surface area (Å²) in [6.45, 7) is 9.42. The summed E-state index contributed by atoms with van der Waals surface area (Å²) in [4.78, 5) is 23.6. The third-order valence-electron chi connectivity index (χ3n) is 3.07. The maximum absolute atomic E-state index is 11.9. The molecule has 92 valence electrons. The zero-order chi connectivity index (χ0) is 12.5. The third-order valence-corrected chi connectivity index (χ3v) is 3.07. The Morgan fingerprint density at radius 3 is 2.50 bits per heavy atom. The summed E-state index contributed by atoms with van der Waals surface area (Å²) in [5.41, 5.74) is -0.790. The van der Waals surface area contributed by atoms with Crippen molar-refractivity contribution in [2.75, 3.05) is 6.61 Å². The largest absolute Gasteiger partial charge is 0.466 e. The molecule has 0 unspecified atom stereocenters. The van der Waals surface area contributed by atoms with E-state index in [4.69, 9.17) is 9.47 Å². The number of hydrogen-bond acceptors (Lipinski definition) is 4. The van der Waals surface area contributed by atoms with Crippen LogP contribution in [0.5, 0.6) is 0 Å². The van der Waals surface area contributed by atoms with Crippen molar-refractivity contribution in [1.29, 1.82) is 0 Å². The maximum atomic E-state index is 11.9. The molecular weight excluding hydrogens is 208 g/mol. The van der Waals surface area contributed by atoms with Crippen LogP contribution in [0.15, 0.2) is 0 Å². The molecule has 0 spiro atoms. The van der Waals surface area contributed by atoms with E-state index in [9.17, 15) is 9.59 Å². The predicted octanol–water partition coefficient (Wildman–Crippen LogP) is 1.77. The molecule has 1 saturated heterocycles. The van der Waals surface area contributed by atoms with Crippen LogP contribution >= 0.6 is 0 Å². The first-order valence-electron chi connectivity index (χ1n) is 5.70. The van der Waals surface area contributed by atoms with Crippen LogP contribution in [-0.4, -0.2) is 24.6 Å². The van der Waals surface area contributed by atoms with E-state index in [0.717, 1.165) is 0 Å². The lowest BCUT2D eigenvalue weighted by atomic mass is 9.76.